The molecule has 116 valence electrons. The lowest BCUT2D eigenvalue weighted by Crippen LogP contribution is -2.09. The predicted octanol–water partition coefficient (Wildman–Crippen LogP) is 2.06. The van der Waals surface area contributed by atoms with Gasteiger partial charge in [-0.15, -0.1) is 0 Å². The summed E-state index contributed by atoms with van der Waals surface area (Å²) >= 11 is 0. The van der Waals surface area contributed by atoms with Crippen LogP contribution < -0.4 is 5.73 Å². The van der Waals surface area contributed by atoms with Gasteiger partial charge in [-0.25, -0.2) is 14.8 Å². The van der Waals surface area contributed by atoms with Crippen LogP contribution in [0, 0.1) is 0 Å². The molecule has 0 saturated heterocycles. The zero-order chi connectivity index (χ0) is 16.2. The molecule has 3 rings (SSSR count). The van der Waals surface area contributed by atoms with Crippen LogP contribution in [0.5, 0.6) is 0 Å². The van der Waals surface area contributed by atoms with E-state index in [4.69, 9.17) is 15.6 Å². The van der Waals surface area contributed by atoms with Crippen LogP contribution in [0.25, 0.3) is 10.9 Å². The van der Waals surface area contributed by atoms with Crippen molar-refractivity contribution in [2.45, 2.75) is 13.2 Å². The Balaban J connectivity index is 1.73. The van der Waals surface area contributed by atoms with Crippen LogP contribution in [-0.2, 0) is 18.0 Å². The van der Waals surface area contributed by atoms with E-state index in [0.29, 0.717) is 22.7 Å². The van der Waals surface area contributed by atoms with Crippen molar-refractivity contribution >= 4 is 22.7 Å². The number of hydrogen-bond donors (Lipinski definition) is 2. The molecule has 0 fully saturated rings. The Morgan fingerprint density at radius 2 is 1.83 bits per heavy atom. The van der Waals surface area contributed by atoms with Gasteiger partial charge in [0, 0.05) is 5.39 Å². The number of anilines is 1. The summed E-state index contributed by atoms with van der Waals surface area (Å²) < 4.78 is 5.21. The van der Waals surface area contributed by atoms with Crippen LogP contribution in [-0.4, -0.2) is 21.0 Å². The normalized spacial score (nSPS) is 10.7. The summed E-state index contributed by atoms with van der Waals surface area (Å²) in [5, 5.41) is 9.75. The lowest BCUT2D eigenvalue weighted by molar-refractivity contribution is 0.0462. The molecule has 6 heteroatoms. The fraction of sp³-hybridized carbons (Fsp3) is 0.118. The number of benzene rings is 2. The van der Waals surface area contributed by atoms with E-state index in [1.165, 1.54) is 0 Å². The lowest BCUT2D eigenvalue weighted by atomic mass is 10.1. The van der Waals surface area contributed by atoms with Crippen LogP contribution in [0.2, 0.25) is 0 Å². The largest absolute Gasteiger partial charge is 0.454 e. The molecule has 0 amide bonds. The van der Waals surface area contributed by atoms with Crippen molar-refractivity contribution in [3.8, 4) is 0 Å². The Bertz CT molecular complexity index is 847. The van der Waals surface area contributed by atoms with Gasteiger partial charge in [0.25, 0.3) is 0 Å². The number of nitrogens with two attached hydrogens (primary N) is 1. The molecule has 3 N–H and O–H groups in total. The zero-order valence-corrected chi connectivity index (χ0v) is 12.3. The maximum absolute atomic E-state index is 12.0. The van der Waals surface area contributed by atoms with Gasteiger partial charge in [0.1, 0.15) is 5.82 Å². The molecule has 1 aromatic heterocycles. The molecule has 0 bridgehead atoms. The first-order valence-electron chi connectivity index (χ1n) is 7.05. The Kier molecular flexibility index (Phi) is 4.16. The number of esters is 1. The third kappa shape index (κ3) is 3.27. The van der Waals surface area contributed by atoms with Gasteiger partial charge in [0.2, 0.25) is 0 Å². The van der Waals surface area contributed by atoms with Crippen LogP contribution in [0.1, 0.15) is 21.7 Å². The second-order valence-electron chi connectivity index (χ2n) is 4.97. The molecular weight excluding hydrogens is 294 g/mol. The number of fused-ring (bicyclic) bond motifs is 1. The number of nitrogen functional groups attached to an aromatic ring is 1. The summed E-state index contributed by atoms with van der Waals surface area (Å²) in [7, 11) is 0. The summed E-state index contributed by atoms with van der Waals surface area (Å²) in [6, 6.07) is 13.9. The zero-order valence-electron chi connectivity index (χ0n) is 12.3. The SMILES string of the molecule is Nc1nc(COC(=O)c2ccc(CO)cc2)nc2ccccc12. The highest BCUT2D eigenvalue weighted by Gasteiger charge is 2.10. The van der Waals surface area contributed by atoms with Gasteiger partial charge in [-0.2, -0.15) is 0 Å². The maximum atomic E-state index is 12.0. The number of ether oxygens (including phenoxy) is 1. The number of nitrogens with zero attached hydrogens (tertiary/aromatic N) is 2. The minimum Gasteiger partial charge on any atom is -0.454 e. The first-order valence-corrected chi connectivity index (χ1v) is 7.05. The van der Waals surface area contributed by atoms with Crippen LogP contribution >= 0.6 is 0 Å². The second kappa shape index (κ2) is 6.41. The number of para-hydroxylation sites is 1. The van der Waals surface area contributed by atoms with Gasteiger partial charge >= 0.3 is 5.97 Å². The molecular formula is C17H15N3O3. The number of carbonyl (C=O) groups is 1. The standard InChI is InChI=1S/C17H15N3O3/c18-16-13-3-1-2-4-14(13)19-15(20-16)10-23-17(22)12-7-5-11(9-21)6-8-12/h1-8,21H,9-10H2,(H2,18,19,20). The van der Waals surface area contributed by atoms with E-state index in [9.17, 15) is 4.79 Å². The lowest BCUT2D eigenvalue weighted by Gasteiger charge is -2.07. The number of hydrogen-bond acceptors (Lipinski definition) is 6. The molecule has 0 aliphatic rings. The number of carbonyl (C=O) groups excluding carboxylic acids is 1. The van der Waals surface area contributed by atoms with E-state index in [0.717, 1.165) is 10.9 Å². The highest BCUT2D eigenvalue weighted by Crippen LogP contribution is 2.17. The topological polar surface area (TPSA) is 98.3 Å². The van der Waals surface area contributed by atoms with E-state index in [2.05, 4.69) is 9.97 Å². The van der Waals surface area contributed by atoms with Gasteiger partial charge in [0.05, 0.1) is 17.7 Å². The molecule has 2 aromatic carbocycles. The monoisotopic (exact) mass is 309 g/mol. The van der Waals surface area contributed by atoms with Crippen molar-refractivity contribution in [2.24, 2.45) is 0 Å². The summed E-state index contributed by atoms with van der Waals surface area (Å²) in [5.41, 5.74) is 7.73. The molecule has 3 aromatic rings. The van der Waals surface area contributed by atoms with Crippen molar-refractivity contribution in [3.05, 3.63) is 65.5 Å². The smallest absolute Gasteiger partial charge is 0.338 e. The van der Waals surface area contributed by atoms with Crippen molar-refractivity contribution < 1.29 is 14.6 Å². The van der Waals surface area contributed by atoms with Crippen molar-refractivity contribution in [3.63, 3.8) is 0 Å². The fourth-order valence-corrected chi connectivity index (χ4v) is 2.18. The minimum absolute atomic E-state index is 0.0599. The van der Waals surface area contributed by atoms with Crippen molar-refractivity contribution in [1.82, 2.24) is 9.97 Å². The van der Waals surface area contributed by atoms with Gasteiger partial charge in [-0.1, -0.05) is 24.3 Å². The van der Waals surface area contributed by atoms with E-state index in [-0.39, 0.29) is 13.2 Å². The highest BCUT2D eigenvalue weighted by molar-refractivity contribution is 5.89. The molecule has 0 radical (unpaired) electrons. The van der Waals surface area contributed by atoms with Gasteiger partial charge in [-0.05, 0) is 29.8 Å². The molecule has 0 aliphatic heterocycles. The Hall–Kier alpha value is -2.99. The number of aliphatic hydroxyl groups is 1. The summed E-state index contributed by atoms with van der Waals surface area (Å²) in [5.74, 6) is 0.222. The van der Waals surface area contributed by atoms with Crippen molar-refractivity contribution in [1.29, 1.82) is 0 Å². The molecule has 0 spiro atoms. The average Bonchev–Trinajstić information content (AvgIpc) is 2.60. The van der Waals surface area contributed by atoms with Crippen LogP contribution in [0.4, 0.5) is 5.82 Å². The molecule has 23 heavy (non-hydrogen) atoms. The highest BCUT2D eigenvalue weighted by atomic mass is 16.5. The number of aliphatic hydroxyl groups excluding tert-OH is 1. The predicted molar refractivity (Wildman–Crippen MR) is 85.4 cm³/mol. The second-order valence-corrected chi connectivity index (χ2v) is 4.97. The summed E-state index contributed by atoms with van der Waals surface area (Å²) in [6.45, 7) is -0.130. The van der Waals surface area contributed by atoms with E-state index in [1.54, 1.807) is 24.3 Å². The first-order chi connectivity index (χ1) is 11.2. The van der Waals surface area contributed by atoms with Crippen molar-refractivity contribution in [2.75, 3.05) is 5.73 Å². The van der Waals surface area contributed by atoms with Gasteiger partial charge in [0.15, 0.2) is 12.4 Å². The molecule has 6 nitrogen and oxygen atoms in total. The Morgan fingerprint density at radius 3 is 2.57 bits per heavy atom. The summed E-state index contributed by atoms with van der Waals surface area (Å²) in [6.07, 6.45) is 0. The minimum atomic E-state index is -0.482. The van der Waals surface area contributed by atoms with E-state index >= 15 is 0 Å². The number of aromatic nitrogens is 2. The third-order valence-corrected chi connectivity index (χ3v) is 3.38. The molecule has 0 saturated carbocycles. The fourth-order valence-electron chi connectivity index (χ4n) is 2.18. The van der Waals surface area contributed by atoms with Gasteiger partial charge < -0.3 is 15.6 Å². The summed E-state index contributed by atoms with van der Waals surface area (Å²) in [4.78, 5) is 20.5. The third-order valence-electron chi connectivity index (χ3n) is 3.38. The first kappa shape index (κ1) is 14.9. The molecule has 0 atom stereocenters. The van der Waals surface area contributed by atoms with E-state index < -0.39 is 5.97 Å². The van der Waals surface area contributed by atoms with Gasteiger partial charge in [-0.3, -0.25) is 0 Å². The quantitative estimate of drug-likeness (QED) is 0.716. The maximum Gasteiger partial charge on any atom is 0.338 e. The molecule has 0 aliphatic carbocycles. The average molecular weight is 309 g/mol. The van der Waals surface area contributed by atoms with Crippen LogP contribution in [0.15, 0.2) is 48.5 Å². The van der Waals surface area contributed by atoms with E-state index in [1.807, 2.05) is 24.3 Å². The number of rotatable bonds is 4. The molecule has 0 unspecified atom stereocenters. The Morgan fingerprint density at radius 1 is 1.09 bits per heavy atom. The molecule has 1 heterocycles. The van der Waals surface area contributed by atoms with Crippen LogP contribution in [0.3, 0.4) is 0 Å². The Labute approximate surface area is 132 Å².